The first-order valence-corrected chi connectivity index (χ1v) is 13.3. The Morgan fingerprint density at radius 3 is 2.41 bits per heavy atom. The molecule has 0 bridgehead atoms. The van der Waals surface area contributed by atoms with E-state index in [1.54, 1.807) is 0 Å². The van der Waals surface area contributed by atoms with Crippen molar-refractivity contribution in [2.75, 3.05) is 13.2 Å². The van der Waals surface area contributed by atoms with Crippen molar-refractivity contribution in [3.05, 3.63) is 11.6 Å². The molecule has 4 fully saturated rings. The molecule has 0 unspecified atom stereocenters. The molecule has 10 atom stereocenters. The van der Waals surface area contributed by atoms with Crippen LogP contribution in [-0.4, -0.2) is 81.1 Å². The number of ether oxygens (including phenoxy) is 3. The molecule has 4 aliphatic carbocycles. The summed E-state index contributed by atoms with van der Waals surface area (Å²) in [5, 5.41) is 46.9. The van der Waals surface area contributed by atoms with Gasteiger partial charge in [-0.3, -0.25) is 9.59 Å². The molecular weight excluding hydrogens is 484 g/mol. The Hall–Kier alpha value is -2.01. The predicted octanol–water partition coefficient (Wildman–Crippen LogP) is 0.775. The predicted molar refractivity (Wildman–Crippen MR) is 126 cm³/mol. The van der Waals surface area contributed by atoms with Gasteiger partial charge in [0.15, 0.2) is 0 Å². The SMILES string of the molecule is CC(=O)O[C@H]1C[C@@H](O)[C@]2(CO)[C@H]3[C@@H](OC(C)=O)C[C@]4(C)[C@@H](C5=CC(=O)OC5)CC[C@@]4(O)[C@@H]3CC[C@]2(O)C1. The highest BCUT2D eigenvalue weighted by Crippen LogP contribution is 2.71. The van der Waals surface area contributed by atoms with E-state index < -0.39 is 76.7 Å². The summed E-state index contributed by atoms with van der Waals surface area (Å²) in [4.78, 5) is 35.8. The lowest BCUT2D eigenvalue weighted by molar-refractivity contribution is -0.318. The van der Waals surface area contributed by atoms with Gasteiger partial charge in [-0.1, -0.05) is 6.92 Å². The highest BCUT2D eigenvalue weighted by molar-refractivity contribution is 5.85. The maximum atomic E-state index is 12.4. The molecule has 4 saturated carbocycles. The molecule has 4 N–H and O–H groups in total. The maximum absolute atomic E-state index is 12.4. The zero-order valence-corrected chi connectivity index (χ0v) is 21.6. The lowest BCUT2D eigenvalue weighted by Crippen LogP contribution is -2.76. The number of fused-ring (bicyclic) bond motifs is 5. The van der Waals surface area contributed by atoms with Gasteiger partial charge >= 0.3 is 17.9 Å². The summed E-state index contributed by atoms with van der Waals surface area (Å²) in [7, 11) is 0. The minimum absolute atomic E-state index is 0.0170. The van der Waals surface area contributed by atoms with Crippen molar-refractivity contribution < 1.29 is 49.0 Å². The molecule has 1 heterocycles. The summed E-state index contributed by atoms with van der Waals surface area (Å²) in [5.41, 5.74) is -4.29. The van der Waals surface area contributed by atoms with Crippen molar-refractivity contribution in [2.45, 2.75) is 95.2 Å². The van der Waals surface area contributed by atoms with Crippen LogP contribution in [0.25, 0.3) is 0 Å². The average molecular weight is 523 g/mol. The van der Waals surface area contributed by atoms with Crippen LogP contribution in [0.1, 0.15) is 65.7 Å². The monoisotopic (exact) mass is 522 g/mol. The van der Waals surface area contributed by atoms with Crippen molar-refractivity contribution in [3.63, 3.8) is 0 Å². The van der Waals surface area contributed by atoms with Gasteiger partial charge in [-0.05, 0) is 49.5 Å². The molecular formula is C27H38O10. The van der Waals surface area contributed by atoms with Crippen LogP contribution in [0.5, 0.6) is 0 Å². The van der Waals surface area contributed by atoms with E-state index in [9.17, 15) is 34.8 Å². The van der Waals surface area contributed by atoms with Gasteiger partial charge in [0.05, 0.1) is 29.3 Å². The van der Waals surface area contributed by atoms with Gasteiger partial charge in [0, 0.05) is 44.1 Å². The second-order valence-corrected chi connectivity index (χ2v) is 12.2. The Labute approximate surface area is 216 Å². The molecule has 206 valence electrons. The average Bonchev–Trinajstić information content (AvgIpc) is 3.32. The van der Waals surface area contributed by atoms with Gasteiger partial charge in [0.2, 0.25) is 0 Å². The summed E-state index contributed by atoms with van der Waals surface area (Å²) in [6.07, 6.45) is 0.567. The van der Waals surface area contributed by atoms with E-state index in [0.717, 1.165) is 5.57 Å². The van der Waals surface area contributed by atoms with E-state index in [4.69, 9.17) is 14.2 Å². The van der Waals surface area contributed by atoms with Gasteiger partial charge in [0.25, 0.3) is 0 Å². The summed E-state index contributed by atoms with van der Waals surface area (Å²) in [5.74, 6) is -2.86. The van der Waals surface area contributed by atoms with Gasteiger partial charge < -0.3 is 34.6 Å². The third-order valence-corrected chi connectivity index (χ3v) is 10.7. The van der Waals surface area contributed by atoms with Crippen LogP contribution < -0.4 is 0 Å². The summed E-state index contributed by atoms with van der Waals surface area (Å²) < 4.78 is 16.4. The highest BCUT2D eigenvalue weighted by Gasteiger charge is 2.76. The largest absolute Gasteiger partial charge is 0.462 e. The van der Waals surface area contributed by atoms with E-state index in [1.807, 2.05) is 6.92 Å². The summed E-state index contributed by atoms with van der Waals surface area (Å²) in [6.45, 7) is 4.11. The number of carbonyl (C=O) groups excluding carboxylic acids is 3. The second kappa shape index (κ2) is 8.76. The molecule has 5 rings (SSSR count). The fourth-order valence-electron chi connectivity index (χ4n) is 9.28. The van der Waals surface area contributed by atoms with Crippen molar-refractivity contribution >= 4 is 17.9 Å². The molecule has 10 nitrogen and oxygen atoms in total. The molecule has 0 aromatic carbocycles. The number of esters is 3. The van der Waals surface area contributed by atoms with Gasteiger partial charge in [-0.25, -0.2) is 4.79 Å². The molecule has 0 aromatic heterocycles. The van der Waals surface area contributed by atoms with Crippen molar-refractivity contribution in [3.8, 4) is 0 Å². The van der Waals surface area contributed by atoms with Crippen molar-refractivity contribution in [1.82, 2.24) is 0 Å². The summed E-state index contributed by atoms with van der Waals surface area (Å²) >= 11 is 0. The van der Waals surface area contributed by atoms with Gasteiger partial charge in [0.1, 0.15) is 18.8 Å². The van der Waals surface area contributed by atoms with Crippen molar-refractivity contribution in [1.29, 1.82) is 0 Å². The molecule has 0 radical (unpaired) electrons. The first kappa shape index (κ1) is 26.6. The minimum atomic E-state index is -1.60. The Balaban J connectivity index is 1.59. The van der Waals surface area contributed by atoms with Crippen LogP contribution in [0, 0.1) is 28.6 Å². The quantitative estimate of drug-likeness (QED) is 0.307. The van der Waals surface area contributed by atoms with E-state index in [1.165, 1.54) is 19.9 Å². The van der Waals surface area contributed by atoms with Crippen LogP contribution in [-0.2, 0) is 28.6 Å². The molecule has 0 spiro atoms. The normalized spacial score (nSPS) is 48.7. The third-order valence-electron chi connectivity index (χ3n) is 10.7. The molecule has 0 saturated heterocycles. The molecule has 1 aliphatic heterocycles. The number of aliphatic hydroxyl groups excluding tert-OH is 2. The molecule has 5 aliphatic rings. The number of hydrogen-bond acceptors (Lipinski definition) is 10. The minimum Gasteiger partial charge on any atom is -0.462 e. The van der Waals surface area contributed by atoms with Crippen LogP contribution in [0.3, 0.4) is 0 Å². The molecule has 0 aromatic rings. The van der Waals surface area contributed by atoms with Gasteiger partial charge in [-0.15, -0.1) is 0 Å². The zero-order chi connectivity index (χ0) is 27.0. The molecule has 37 heavy (non-hydrogen) atoms. The maximum Gasteiger partial charge on any atom is 0.331 e. The smallest absolute Gasteiger partial charge is 0.331 e. The highest BCUT2D eigenvalue weighted by atomic mass is 16.6. The fourth-order valence-corrected chi connectivity index (χ4v) is 9.28. The Bertz CT molecular complexity index is 1020. The number of hydrogen-bond donors (Lipinski definition) is 4. The van der Waals surface area contributed by atoms with E-state index in [2.05, 4.69) is 0 Å². The zero-order valence-electron chi connectivity index (χ0n) is 21.6. The van der Waals surface area contributed by atoms with Crippen LogP contribution in [0.4, 0.5) is 0 Å². The molecule has 10 heteroatoms. The standard InChI is InChI=1S/C27H38O10/c1-14(29)36-17-9-21(31)26(13-28)23-19(4-6-25(26,33)10-17)27(34)7-5-18(16-8-22(32)35-12-16)24(27,3)11-20(23)37-15(2)30/h8,17-21,23,28,31,33-34H,4-7,9-13H2,1-3H3/t17-,18+,19+,20-,21+,23+,24+,25-,26+,27+/m0/s1. The second-order valence-electron chi connectivity index (χ2n) is 12.2. The number of cyclic esters (lactones) is 1. The van der Waals surface area contributed by atoms with Gasteiger partial charge in [-0.2, -0.15) is 0 Å². The van der Waals surface area contributed by atoms with Crippen molar-refractivity contribution in [2.24, 2.45) is 28.6 Å². The lowest BCUT2D eigenvalue weighted by atomic mass is 9.40. The number of carbonyl (C=O) groups is 3. The fraction of sp³-hybridized carbons (Fsp3) is 0.815. The van der Waals surface area contributed by atoms with E-state index in [0.29, 0.717) is 19.3 Å². The summed E-state index contributed by atoms with van der Waals surface area (Å²) in [6, 6.07) is 0. The van der Waals surface area contributed by atoms with Crippen LogP contribution in [0.2, 0.25) is 0 Å². The van der Waals surface area contributed by atoms with E-state index in [-0.39, 0.29) is 38.2 Å². The number of rotatable bonds is 4. The Morgan fingerprint density at radius 2 is 1.81 bits per heavy atom. The lowest BCUT2D eigenvalue weighted by Gasteiger charge is -2.68. The Kier molecular flexibility index (Phi) is 6.29. The molecule has 0 amide bonds. The Morgan fingerprint density at radius 1 is 1.11 bits per heavy atom. The number of aliphatic hydroxyl groups is 4. The van der Waals surface area contributed by atoms with Crippen LogP contribution in [0.15, 0.2) is 11.6 Å². The topological polar surface area (TPSA) is 160 Å². The first-order valence-electron chi connectivity index (χ1n) is 13.3. The third kappa shape index (κ3) is 3.62. The first-order chi connectivity index (χ1) is 17.3. The van der Waals surface area contributed by atoms with Crippen LogP contribution >= 0.6 is 0 Å². The van der Waals surface area contributed by atoms with E-state index >= 15 is 0 Å².